The lowest BCUT2D eigenvalue weighted by atomic mass is 10.1. The molecule has 0 bridgehead atoms. The zero-order chi connectivity index (χ0) is 11.3. The molecule has 3 nitrogen and oxygen atoms in total. The summed E-state index contributed by atoms with van der Waals surface area (Å²) in [6.07, 6.45) is 1.16. The van der Waals surface area contributed by atoms with E-state index < -0.39 is 0 Å². The van der Waals surface area contributed by atoms with Crippen molar-refractivity contribution in [2.24, 2.45) is 0 Å². The highest BCUT2D eigenvalue weighted by Crippen LogP contribution is 2.12. The molecule has 0 aliphatic rings. The van der Waals surface area contributed by atoms with Crippen LogP contribution in [0, 0.1) is 6.92 Å². The summed E-state index contributed by atoms with van der Waals surface area (Å²) >= 11 is 1.70. The lowest BCUT2D eigenvalue weighted by Crippen LogP contribution is -2.39. The molecule has 0 fully saturated rings. The topological polar surface area (TPSA) is 34.1 Å². The summed E-state index contributed by atoms with van der Waals surface area (Å²) in [5.74, 6) is 0. The van der Waals surface area contributed by atoms with Crippen molar-refractivity contribution in [2.45, 2.75) is 39.3 Å². The summed E-state index contributed by atoms with van der Waals surface area (Å²) < 4.78 is 5.59. The molecule has 86 valence electrons. The van der Waals surface area contributed by atoms with Crippen LogP contribution in [-0.2, 0) is 11.2 Å². The summed E-state index contributed by atoms with van der Waals surface area (Å²) in [5.41, 5.74) is 1.16. The molecular formula is C11H20N2OS. The van der Waals surface area contributed by atoms with Crippen molar-refractivity contribution in [1.82, 2.24) is 10.3 Å². The number of hydrogen-bond donors (Lipinski definition) is 1. The molecule has 0 spiro atoms. The van der Waals surface area contributed by atoms with Crippen molar-refractivity contribution in [2.75, 3.05) is 13.7 Å². The van der Waals surface area contributed by atoms with Gasteiger partial charge in [-0.1, -0.05) is 0 Å². The monoisotopic (exact) mass is 228 g/mol. The second kappa shape index (κ2) is 6.20. The van der Waals surface area contributed by atoms with Gasteiger partial charge in [0.2, 0.25) is 0 Å². The van der Waals surface area contributed by atoms with E-state index in [0.717, 1.165) is 23.7 Å². The fraction of sp³-hybridized carbons (Fsp3) is 0.727. The Hall–Kier alpha value is -0.450. The number of nitrogens with one attached hydrogen (secondary N) is 1. The summed E-state index contributed by atoms with van der Waals surface area (Å²) in [7, 11) is 1.97. The Kier molecular flexibility index (Phi) is 5.22. The molecule has 0 aliphatic heterocycles. The minimum Gasteiger partial charge on any atom is -0.377 e. The van der Waals surface area contributed by atoms with Crippen molar-refractivity contribution in [1.29, 1.82) is 0 Å². The van der Waals surface area contributed by atoms with E-state index in [0.29, 0.717) is 6.04 Å². The molecule has 1 aromatic heterocycles. The Bertz CT molecular complexity index is 288. The fourth-order valence-electron chi connectivity index (χ4n) is 1.61. The molecule has 4 heteroatoms. The predicted octanol–water partition coefficient (Wildman–Crippen LogP) is 2.01. The normalized spacial score (nSPS) is 15.2. The van der Waals surface area contributed by atoms with Crippen LogP contribution in [0.25, 0.3) is 0 Å². The van der Waals surface area contributed by atoms with Gasteiger partial charge < -0.3 is 10.1 Å². The average Bonchev–Trinajstić information content (AvgIpc) is 2.61. The van der Waals surface area contributed by atoms with Gasteiger partial charge in [0.05, 0.1) is 16.8 Å². The third kappa shape index (κ3) is 3.89. The molecule has 2 unspecified atom stereocenters. The van der Waals surface area contributed by atoms with E-state index in [1.165, 1.54) is 0 Å². The molecule has 2 atom stereocenters. The molecule has 0 aliphatic carbocycles. The standard InChI is InChI=1S/C11H20N2OS/c1-5-14-8(2)11(12-4)6-10-7-15-9(3)13-10/h7-8,11-12H,5-6H2,1-4H3. The minimum absolute atomic E-state index is 0.224. The first-order valence-electron chi connectivity index (χ1n) is 5.37. The van der Waals surface area contributed by atoms with Crippen LogP contribution in [0.2, 0.25) is 0 Å². The summed E-state index contributed by atoms with van der Waals surface area (Å²) in [5, 5.41) is 6.54. The van der Waals surface area contributed by atoms with Gasteiger partial charge in [-0.25, -0.2) is 4.98 Å². The minimum atomic E-state index is 0.224. The number of thiazole rings is 1. The maximum absolute atomic E-state index is 5.59. The molecule has 0 radical (unpaired) electrons. The summed E-state index contributed by atoms with van der Waals surface area (Å²) in [6, 6.07) is 0.339. The lowest BCUT2D eigenvalue weighted by molar-refractivity contribution is 0.0494. The Labute approximate surface area is 95.9 Å². The molecular weight excluding hydrogens is 208 g/mol. The van der Waals surface area contributed by atoms with Gasteiger partial charge in [-0.2, -0.15) is 0 Å². The van der Waals surface area contributed by atoms with Crippen molar-refractivity contribution >= 4 is 11.3 Å². The zero-order valence-electron chi connectivity index (χ0n) is 9.91. The van der Waals surface area contributed by atoms with Crippen LogP contribution in [0.4, 0.5) is 0 Å². The van der Waals surface area contributed by atoms with Crippen LogP contribution in [0.1, 0.15) is 24.5 Å². The number of ether oxygens (including phenoxy) is 1. The van der Waals surface area contributed by atoms with Crippen molar-refractivity contribution in [3.05, 3.63) is 16.1 Å². The van der Waals surface area contributed by atoms with Crippen molar-refractivity contribution in [3.63, 3.8) is 0 Å². The van der Waals surface area contributed by atoms with E-state index in [2.05, 4.69) is 22.6 Å². The quantitative estimate of drug-likeness (QED) is 0.808. The second-order valence-electron chi connectivity index (χ2n) is 3.62. The Morgan fingerprint density at radius 3 is 2.80 bits per heavy atom. The van der Waals surface area contributed by atoms with Crippen molar-refractivity contribution < 1.29 is 4.74 Å². The average molecular weight is 228 g/mol. The first-order chi connectivity index (χ1) is 7.17. The predicted molar refractivity (Wildman–Crippen MR) is 64.5 cm³/mol. The molecule has 1 heterocycles. The van der Waals surface area contributed by atoms with Crippen LogP contribution in [0.15, 0.2) is 5.38 Å². The Morgan fingerprint density at radius 1 is 1.60 bits per heavy atom. The first kappa shape index (κ1) is 12.6. The van der Waals surface area contributed by atoms with Gasteiger partial charge in [-0.3, -0.25) is 0 Å². The second-order valence-corrected chi connectivity index (χ2v) is 4.68. The first-order valence-corrected chi connectivity index (χ1v) is 6.25. The van der Waals surface area contributed by atoms with Crippen LogP contribution in [0.3, 0.4) is 0 Å². The van der Waals surface area contributed by atoms with E-state index in [1.54, 1.807) is 11.3 Å². The highest BCUT2D eigenvalue weighted by molar-refractivity contribution is 7.09. The van der Waals surface area contributed by atoms with Crippen LogP contribution in [-0.4, -0.2) is 30.8 Å². The SMILES string of the molecule is CCOC(C)C(Cc1csc(C)n1)NC. The number of hydrogen-bond acceptors (Lipinski definition) is 4. The molecule has 1 rings (SSSR count). The van der Waals surface area contributed by atoms with Gasteiger partial charge in [-0.15, -0.1) is 11.3 Å². The Morgan fingerprint density at radius 2 is 2.33 bits per heavy atom. The van der Waals surface area contributed by atoms with E-state index in [9.17, 15) is 0 Å². The fourth-order valence-corrected chi connectivity index (χ4v) is 2.23. The summed E-state index contributed by atoms with van der Waals surface area (Å²) in [4.78, 5) is 4.46. The van der Waals surface area contributed by atoms with Crippen molar-refractivity contribution in [3.8, 4) is 0 Å². The maximum atomic E-state index is 5.59. The number of nitrogens with zero attached hydrogens (tertiary/aromatic N) is 1. The van der Waals surface area contributed by atoms with Gasteiger partial charge in [0, 0.05) is 24.4 Å². The van der Waals surface area contributed by atoms with E-state index in [1.807, 2.05) is 20.9 Å². The third-order valence-electron chi connectivity index (χ3n) is 2.46. The molecule has 15 heavy (non-hydrogen) atoms. The van der Waals surface area contributed by atoms with Gasteiger partial charge >= 0.3 is 0 Å². The van der Waals surface area contributed by atoms with Gasteiger partial charge in [0.1, 0.15) is 0 Å². The Balaban J connectivity index is 2.53. The lowest BCUT2D eigenvalue weighted by Gasteiger charge is -2.22. The van der Waals surface area contributed by atoms with Gasteiger partial charge in [-0.05, 0) is 27.8 Å². The zero-order valence-corrected chi connectivity index (χ0v) is 10.7. The number of aryl methyl sites for hydroxylation is 1. The van der Waals surface area contributed by atoms with Gasteiger partial charge in [0.25, 0.3) is 0 Å². The van der Waals surface area contributed by atoms with Crippen LogP contribution >= 0.6 is 11.3 Å². The molecule has 0 aromatic carbocycles. The van der Waals surface area contributed by atoms with Crippen LogP contribution < -0.4 is 5.32 Å². The molecule has 0 saturated heterocycles. The maximum Gasteiger partial charge on any atom is 0.0897 e. The molecule has 1 N–H and O–H groups in total. The van der Waals surface area contributed by atoms with E-state index >= 15 is 0 Å². The molecule has 0 saturated carbocycles. The summed E-state index contributed by atoms with van der Waals surface area (Å²) in [6.45, 7) is 6.92. The number of rotatable bonds is 6. The van der Waals surface area contributed by atoms with E-state index in [-0.39, 0.29) is 6.10 Å². The smallest absolute Gasteiger partial charge is 0.0897 e. The van der Waals surface area contributed by atoms with Gasteiger partial charge in [0.15, 0.2) is 0 Å². The van der Waals surface area contributed by atoms with E-state index in [4.69, 9.17) is 4.74 Å². The number of aromatic nitrogens is 1. The molecule has 0 amide bonds. The largest absolute Gasteiger partial charge is 0.377 e. The highest BCUT2D eigenvalue weighted by atomic mass is 32.1. The molecule has 1 aromatic rings. The highest BCUT2D eigenvalue weighted by Gasteiger charge is 2.16. The van der Waals surface area contributed by atoms with Crippen LogP contribution in [0.5, 0.6) is 0 Å². The number of likely N-dealkylation sites (N-methyl/N-ethyl adjacent to an activating group) is 1. The third-order valence-corrected chi connectivity index (χ3v) is 3.28.